The highest BCUT2D eigenvalue weighted by molar-refractivity contribution is 7.14. The van der Waals surface area contributed by atoms with E-state index in [0.717, 1.165) is 33.3 Å². The van der Waals surface area contributed by atoms with E-state index in [2.05, 4.69) is 15.5 Å². The Hall–Kier alpha value is -3.78. The molecule has 0 saturated carbocycles. The van der Waals surface area contributed by atoms with Gasteiger partial charge < -0.3 is 4.74 Å². The van der Waals surface area contributed by atoms with Crippen molar-refractivity contribution in [2.24, 2.45) is 5.10 Å². The lowest BCUT2D eigenvalue weighted by molar-refractivity contribution is -0.384. The topological polar surface area (TPSA) is 89.7 Å². The number of hydrazone groups is 1. The van der Waals surface area contributed by atoms with Gasteiger partial charge in [0.15, 0.2) is 0 Å². The van der Waals surface area contributed by atoms with Crippen LogP contribution in [0.1, 0.15) is 5.56 Å². The standard InChI is InChI=1S/C21H16N4O3S/c1-28-19-9-6-16-10-14(2-3-17(16)11-19)12-22-24-21-23-20(13-29-21)15-4-7-18(8-5-15)25(26)27/h2-13H,1H3,(H,23,24)/b22-12+. The first-order valence-corrected chi connectivity index (χ1v) is 9.57. The summed E-state index contributed by atoms with van der Waals surface area (Å²) in [7, 11) is 1.65. The fraction of sp³-hybridized carbons (Fsp3) is 0.0476. The van der Waals surface area contributed by atoms with Crippen LogP contribution >= 0.6 is 11.3 Å². The molecule has 3 aromatic carbocycles. The van der Waals surface area contributed by atoms with E-state index in [1.165, 1.54) is 23.5 Å². The van der Waals surface area contributed by atoms with Crippen LogP contribution in [0.4, 0.5) is 10.8 Å². The molecule has 8 heteroatoms. The van der Waals surface area contributed by atoms with Crippen molar-refractivity contribution >= 4 is 39.1 Å². The van der Waals surface area contributed by atoms with Gasteiger partial charge in [-0.05, 0) is 46.7 Å². The van der Waals surface area contributed by atoms with Crippen molar-refractivity contribution in [1.29, 1.82) is 0 Å². The molecule has 0 aliphatic rings. The quantitative estimate of drug-likeness (QED) is 0.267. The van der Waals surface area contributed by atoms with Gasteiger partial charge in [0.2, 0.25) is 5.13 Å². The minimum Gasteiger partial charge on any atom is -0.497 e. The first-order chi connectivity index (χ1) is 14.1. The Kier molecular flexibility index (Phi) is 5.17. The van der Waals surface area contributed by atoms with Crippen LogP contribution in [-0.2, 0) is 0 Å². The average Bonchev–Trinajstić information content (AvgIpc) is 3.22. The zero-order chi connectivity index (χ0) is 20.2. The fourth-order valence-corrected chi connectivity index (χ4v) is 3.49. The number of aromatic nitrogens is 1. The summed E-state index contributed by atoms with van der Waals surface area (Å²) in [6.07, 6.45) is 1.73. The number of ether oxygens (including phenoxy) is 1. The van der Waals surface area contributed by atoms with Gasteiger partial charge in [0.1, 0.15) is 5.75 Å². The normalized spacial score (nSPS) is 11.1. The van der Waals surface area contributed by atoms with Gasteiger partial charge in [-0.2, -0.15) is 5.10 Å². The predicted octanol–water partition coefficient (Wildman–Crippen LogP) is 5.33. The van der Waals surface area contributed by atoms with E-state index in [1.807, 2.05) is 41.8 Å². The first kappa shape index (κ1) is 18.6. The molecule has 7 nitrogen and oxygen atoms in total. The number of nitrogens with zero attached hydrogens (tertiary/aromatic N) is 3. The summed E-state index contributed by atoms with van der Waals surface area (Å²) in [6.45, 7) is 0. The summed E-state index contributed by atoms with van der Waals surface area (Å²) in [5, 5.41) is 19.7. The van der Waals surface area contributed by atoms with Gasteiger partial charge in [0.25, 0.3) is 5.69 Å². The molecule has 0 aliphatic carbocycles. The highest BCUT2D eigenvalue weighted by Crippen LogP contribution is 2.26. The summed E-state index contributed by atoms with van der Waals surface area (Å²) in [5.41, 5.74) is 5.50. The fourth-order valence-electron chi connectivity index (χ4n) is 2.82. The number of hydrogen-bond donors (Lipinski definition) is 1. The average molecular weight is 404 g/mol. The Labute approximate surface area is 170 Å². The molecule has 0 aliphatic heterocycles. The molecule has 0 saturated heterocycles. The van der Waals surface area contributed by atoms with Crippen molar-refractivity contribution in [1.82, 2.24) is 4.98 Å². The molecule has 4 aromatic rings. The van der Waals surface area contributed by atoms with E-state index in [1.54, 1.807) is 25.5 Å². The van der Waals surface area contributed by atoms with Crippen molar-refractivity contribution in [3.05, 3.63) is 81.7 Å². The highest BCUT2D eigenvalue weighted by atomic mass is 32.1. The molecule has 4 rings (SSSR count). The monoisotopic (exact) mass is 404 g/mol. The van der Waals surface area contributed by atoms with Crippen LogP contribution in [0.15, 0.2) is 71.1 Å². The van der Waals surface area contributed by atoms with E-state index >= 15 is 0 Å². The van der Waals surface area contributed by atoms with Crippen molar-refractivity contribution in [2.75, 3.05) is 12.5 Å². The SMILES string of the molecule is COc1ccc2cc(/C=N/Nc3nc(-c4ccc([N+](=O)[O-])cc4)cs3)ccc2c1. The molecule has 1 N–H and O–H groups in total. The Morgan fingerprint density at radius 3 is 2.62 bits per heavy atom. The molecule has 0 amide bonds. The number of non-ortho nitro benzene ring substituents is 1. The van der Waals surface area contributed by atoms with Gasteiger partial charge in [-0.15, -0.1) is 11.3 Å². The maximum absolute atomic E-state index is 10.7. The van der Waals surface area contributed by atoms with Crippen LogP contribution in [0.5, 0.6) is 5.75 Å². The molecular weight excluding hydrogens is 388 g/mol. The largest absolute Gasteiger partial charge is 0.497 e. The van der Waals surface area contributed by atoms with E-state index in [0.29, 0.717) is 5.13 Å². The molecule has 0 fully saturated rings. The highest BCUT2D eigenvalue weighted by Gasteiger charge is 2.08. The van der Waals surface area contributed by atoms with Gasteiger partial charge in [-0.25, -0.2) is 4.98 Å². The number of rotatable bonds is 6. The zero-order valence-electron chi connectivity index (χ0n) is 15.4. The molecule has 0 bridgehead atoms. The number of nitrogens with one attached hydrogen (secondary N) is 1. The number of anilines is 1. The van der Waals surface area contributed by atoms with Gasteiger partial charge in [-0.1, -0.05) is 18.2 Å². The van der Waals surface area contributed by atoms with Crippen LogP contribution in [0.3, 0.4) is 0 Å². The first-order valence-electron chi connectivity index (χ1n) is 8.69. The second kappa shape index (κ2) is 8.07. The van der Waals surface area contributed by atoms with Crippen LogP contribution in [-0.4, -0.2) is 23.2 Å². The second-order valence-electron chi connectivity index (χ2n) is 6.18. The summed E-state index contributed by atoms with van der Waals surface area (Å²) in [4.78, 5) is 14.8. The van der Waals surface area contributed by atoms with Crippen LogP contribution < -0.4 is 10.2 Å². The Morgan fingerprint density at radius 2 is 1.86 bits per heavy atom. The number of benzene rings is 3. The molecule has 29 heavy (non-hydrogen) atoms. The van der Waals surface area contributed by atoms with Crippen molar-refractivity contribution in [3.8, 4) is 17.0 Å². The maximum atomic E-state index is 10.7. The number of nitro benzene ring substituents is 1. The molecule has 0 radical (unpaired) electrons. The lowest BCUT2D eigenvalue weighted by Gasteiger charge is -2.03. The number of fused-ring (bicyclic) bond motifs is 1. The molecule has 0 unspecified atom stereocenters. The molecule has 1 aromatic heterocycles. The summed E-state index contributed by atoms with van der Waals surface area (Å²) in [5.74, 6) is 0.827. The zero-order valence-corrected chi connectivity index (χ0v) is 16.2. The smallest absolute Gasteiger partial charge is 0.269 e. The third kappa shape index (κ3) is 4.22. The van der Waals surface area contributed by atoms with E-state index in [9.17, 15) is 10.1 Å². The number of hydrogen-bond acceptors (Lipinski definition) is 7. The Balaban J connectivity index is 1.44. The van der Waals surface area contributed by atoms with Crippen LogP contribution in [0.25, 0.3) is 22.0 Å². The van der Waals surface area contributed by atoms with Gasteiger partial charge in [0.05, 0.1) is 23.9 Å². The molecule has 144 valence electrons. The molecule has 0 atom stereocenters. The van der Waals surface area contributed by atoms with Gasteiger partial charge in [-0.3, -0.25) is 15.5 Å². The van der Waals surface area contributed by atoms with E-state index < -0.39 is 4.92 Å². The molecule has 1 heterocycles. The predicted molar refractivity (Wildman–Crippen MR) is 116 cm³/mol. The summed E-state index contributed by atoms with van der Waals surface area (Å²) in [6, 6.07) is 18.3. The Bertz CT molecular complexity index is 1200. The van der Waals surface area contributed by atoms with Gasteiger partial charge >= 0.3 is 0 Å². The van der Waals surface area contributed by atoms with Crippen LogP contribution in [0, 0.1) is 10.1 Å². The van der Waals surface area contributed by atoms with E-state index in [-0.39, 0.29) is 5.69 Å². The number of nitro groups is 1. The van der Waals surface area contributed by atoms with Gasteiger partial charge in [0, 0.05) is 23.1 Å². The van der Waals surface area contributed by atoms with Crippen molar-refractivity contribution in [3.63, 3.8) is 0 Å². The van der Waals surface area contributed by atoms with Crippen molar-refractivity contribution < 1.29 is 9.66 Å². The van der Waals surface area contributed by atoms with Crippen LogP contribution in [0.2, 0.25) is 0 Å². The number of thiazole rings is 1. The molecule has 0 spiro atoms. The number of methoxy groups -OCH3 is 1. The molecular formula is C21H16N4O3S. The lowest BCUT2D eigenvalue weighted by Crippen LogP contribution is -1.91. The summed E-state index contributed by atoms with van der Waals surface area (Å²) >= 11 is 1.41. The minimum absolute atomic E-state index is 0.0563. The maximum Gasteiger partial charge on any atom is 0.269 e. The lowest BCUT2D eigenvalue weighted by atomic mass is 10.1. The Morgan fingerprint density at radius 1 is 1.10 bits per heavy atom. The third-order valence-electron chi connectivity index (χ3n) is 4.32. The summed E-state index contributed by atoms with van der Waals surface area (Å²) < 4.78 is 5.24. The van der Waals surface area contributed by atoms with E-state index in [4.69, 9.17) is 4.74 Å². The second-order valence-corrected chi connectivity index (χ2v) is 7.04. The minimum atomic E-state index is -0.421. The third-order valence-corrected chi connectivity index (χ3v) is 5.07. The van der Waals surface area contributed by atoms with Crippen molar-refractivity contribution in [2.45, 2.75) is 0 Å².